The molecule has 0 saturated heterocycles. The van der Waals surface area contributed by atoms with Gasteiger partial charge in [-0.25, -0.2) is 0 Å². The Balaban J connectivity index is 2.36. The molecule has 18 heavy (non-hydrogen) atoms. The molecule has 1 amide bonds. The molecule has 0 aliphatic heterocycles. The van der Waals surface area contributed by atoms with Crippen LogP contribution in [0.15, 0.2) is 28.7 Å². The molecule has 0 bridgehead atoms. The molecule has 0 radical (unpaired) electrons. The third kappa shape index (κ3) is 5.31. The van der Waals surface area contributed by atoms with Gasteiger partial charge >= 0.3 is 5.97 Å². The summed E-state index contributed by atoms with van der Waals surface area (Å²) in [4.78, 5) is 23.5. The summed E-state index contributed by atoms with van der Waals surface area (Å²) in [5, 5.41) is 8.50. The van der Waals surface area contributed by atoms with Crippen molar-refractivity contribution in [3.63, 3.8) is 0 Å². The predicted octanol–water partition coefficient (Wildman–Crippen LogP) is 2.31. The Kier molecular flexibility index (Phi) is 5.85. The van der Waals surface area contributed by atoms with E-state index >= 15 is 0 Å². The number of carbonyl (C=O) groups excluding carboxylic acids is 1. The molecule has 98 valence electrons. The average Bonchev–Trinajstić information content (AvgIpc) is 2.34. The van der Waals surface area contributed by atoms with E-state index < -0.39 is 5.97 Å². The lowest BCUT2D eigenvalue weighted by atomic mass is 10.1. The molecule has 0 aromatic heterocycles. The van der Waals surface area contributed by atoms with E-state index in [1.54, 1.807) is 11.9 Å². The van der Waals surface area contributed by atoms with Gasteiger partial charge in [0.25, 0.3) is 0 Å². The predicted molar refractivity (Wildman–Crippen MR) is 72.4 cm³/mol. The molecule has 0 aliphatic carbocycles. The highest BCUT2D eigenvalue weighted by Crippen LogP contribution is 2.11. The van der Waals surface area contributed by atoms with E-state index in [0.717, 1.165) is 16.5 Å². The molecule has 0 fully saturated rings. The van der Waals surface area contributed by atoms with E-state index in [1.165, 1.54) is 0 Å². The van der Waals surface area contributed by atoms with Crippen molar-refractivity contribution in [1.82, 2.24) is 4.90 Å². The lowest BCUT2D eigenvalue weighted by Gasteiger charge is -2.16. The van der Waals surface area contributed by atoms with Gasteiger partial charge in [-0.2, -0.15) is 0 Å². The van der Waals surface area contributed by atoms with Crippen LogP contribution >= 0.6 is 15.9 Å². The summed E-state index contributed by atoms with van der Waals surface area (Å²) in [6, 6.07) is 7.92. The van der Waals surface area contributed by atoms with Crippen LogP contribution in [-0.2, 0) is 16.0 Å². The Morgan fingerprint density at radius 3 is 2.39 bits per heavy atom. The van der Waals surface area contributed by atoms with Crippen LogP contribution in [0.3, 0.4) is 0 Å². The van der Waals surface area contributed by atoms with Crippen molar-refractivity contribution < 1.29 is 14.7 Å². The maximum Gasteiger partial charge on any atom is 0.303 e. The van der Waals surface area contributed by atoms with Crippen LogP contribution in [-0.4, -0.2) is 35.5 Å². The van der Waals surface area contributed by atoms with Crippen molar-refractivity contribution >= 4 is 27.8 Å². The first-order valence-corrected chi connectivity index (χ1v) is 6.48. The molecule has 0 unspecified atom stereocenters. The number of hydrogen-bond acceptors (Lipinski definition) is 2. The fourth-order valence-electron chi connectivity index (χ4n) is 1.48. The molecule has 1 N–H and O–H groups in total. The van der Waals surface area contributed by atoms with Crippen LogP contribution < -0.4 is 0 Å². The van der Waals surface area contributed by atoms with Crippen LogP contribution in [0.25, 0.3) is 0 Å². The zero-order chi connectivity index (χ0) is 13.5. The van der Waals surface area contributed by atoms with Gasteiger partial charge in [0.1, 0.15) is 0 Å². The van der Waals surface area contributed by atoms with Crippen LogP contribution in [0.4, 0.5) is 0 Å². The molecule has 0 saturated carbocycles. The summed E-state index contributed by atoms with van der Waals surface area (Å²) in [6.45, 7) is 0.597. The SMILES string of the molecule is CN(CCc1ccc(Br)cc1)C(=O)CCC(=O)O. The van der Waals surface area contributed by atoms with Crippen molar-refractivity contribution in [3.05, 3.63) is 34.3 Å². The van der Waals surface area contributed by atoms with Crippen molar-refractivity contribution in [2.45, 2.75) is 19.3 Å². The van der Waals surface area contributed by atoms with Crippen LogP contribution in [0, 0.1) is 0 Å². The average molecular weight is 314 g/mol. The number of carboxylic acids is 1. The number of halogens is 1. The monoisotopic (exact) mass is 313 g/mol. The van der Waals surface area contributed by atoms with Gasteiger partial charge in [0.05, 0.1) is 6.42 Å². The van der Waals surface area contributed by atoms with Gasteiger partial charge < -0.3 is 10.0 Å². The number of nitrogens with zero attached hydrogens (tertiary/aromatic N) is 1. The summed E-state index contributed by atoms with van der Waals surface area (Å²) < 4.78 is 1.03. The highest BCUT2D eigenvalue weighted by Gasteiger charge is 2.10. The molecular formula is C13H16BrNO3. The van der Waals surface area contributed by atoms with Crippen molar-refractivity contribution in [3.8, 4) is 0 Å². The maximum atomic E-state index is 11.6. The number of rotatable bonds is 6. The summed E-state index contributed by atoms with van der Waals surface area (Å²) in [7, 11) is 1.70. The summed E-state index contributed by atoms with van der Waals surface area (Å²) in [5.74, 6) is -1.07. The molecule has 5 heteroatoms. The second-order valence-electron chi connectivity index (χ2n) is 4.09. The largest absolute Gasteiger partial charge is 0.481 e. The Morgan fingerprint density at radius 1 is 1.22 bits per heavy atom. The minimum absolute atomic E-state index is 0.0617. The summed E-state index contributed by atoms with van der Waals surface area (Å²) in [5.41, 5.74) is 1.15. The van der Waals surface area contributed by atoms with E-state index in [0.29, 0.717) is 6.54 Å². The molecular weight excluding hydrogens is 298 g/mol. The first-order valence-electron chi connectivity index (χ1n) is 5.69. The smallest absolute Gasteiger partial charge is 0.303 e. The highest BCUT2D eigenvalue weighted by molar-refractivity contribution is 9.10. The molecule has 1 aromatic rings. The normalized spacial score (nSPS) is 10.1. The van der Waals surface area contributed by atoms with Gasteiger partial charge in [-0.3, -0.25) is 9.59 Å². The third-order valence-electron chi connectivity index (χ3n) is 2.63. The zero-order valence-electron chi connectivity index (χ0n) is 10.2. The van der Waals surface area contributed by atoms with Crippen molar-refractivity contribution in [2.24, 2.45) is 0 Å². The number of aliphatic carboxylic acids is 1. The first-order chi connectivity index (χ1) is 8.49. The molecule has 4 nitrogen and oxygen atoms in total. The highest BCUT2D eigenvalue weighted by atomic mass is 79.9. The van der Waals surface area contributed by atoms with Crippen LogP contribution in [0.1, 0.15) is 18.4 Å². The van der Waals surface area contributed by atoms with Gasteiger partial charge in [0.2, 0.25) is 5.91 Å². The third-order valence-corrected chi connectivity index (χ3v) is 3.16. The van der Waals surface area contributed by atoms with Crippen LogP contribution in [0.5, 0.6) is 0 Å². The fraction of sp³-hybridized carbons (Fsp3) is 0.385. The van der Waals surface area contributed by atoms with Crippen molar-refractivity contribution in [1.29, 1.82) is 0 Å². The second kappa shape index (κ2) is 7.16. The minimum atomic E-state index is -0.940. The lowest BCUT2D eigenvalue weighted by Crippen LogP contribution is -2.29. The maximum absolute atomic E-state index is 11.6. The standard InChI is InChI=1S/C13H16BrNO3/c1-15(12(16)6-7-13(17)18)9-8-10-2-4-11(14)5-3-10/h2-5H,6-9H2,1H3,(H,17,18). The van der Waals surface area contributed by atoms with Crippen LogP contribution in [0.2, 0.25) is 0 Å². The summed E-state index contributed by atoms with van der Waals surface area (Å²) >= 11 is 3.36. The van der Waals surface area contributed by atoms with E-state index in [-0.39, 0.29) is 18.7 Å². The van der Waals surface area contributed by atoms with E-state index in [4.69, 9.17) is 5.11 Å². The Bertz CT molecular complexity index is 417. The second-order valence-corrected chi connectivity index (χ2v) is 5.00. The lowest BCUT2D eigenvalue weighted by molar-refractivity contribution is -0.140. The van der Waals surface area contributed by atoms with Gasteiger partial charge in [-0.15, -0.1) is 0 Å². The molecule has 0 heterocycles. The number of benzene rings is 1. The quantitative estimate of drug-likeness (QED) is 0.876. The first kappa shape index (κ1) is 14.7. The molecule has 0 atom stereocenters. The van der Waals surface area contributed by atoms with E-state index in [2.05, 4.69) is 15.9 Å². The molecule has 0 spiro atoms. The Hall–Kier alpha value is -1.36. The van der Waals surface area contributed by atoms with Gasteiger partial charge in [-0.05, 0) is 24.1 Å². The number of carbonyl (C=O) groups is 2. The fourth-order valence-corrected chi connectivity index (χ4v) is 1.74. The van der Waals surface area contributed by atoms with Crippen molar-refractivity contribution in [2.75, 3.05) is 13.6 Å². The molecule has 0 aliphatic rings. The van der Waals surface area contributed by atoms with Gasteiger partial charge in [0, 0.05) is 24.5 Å². The Labute approximate surface area is 115 Å². The topological polar surface area (TPSA) is 57.6 Å². The van der Waals surface area contributed by atoms with E-state index in [9.17, 15) is 9.59 Å². The Morgan fingerprint density at radius 2 is 1.83 bits per heavy atom. The molecule has 1 rings (SSSR count). The summed E-state index contributed by atoms with van der Waals surface area (Å²) in [6.07, 6.45) is 0.718. The molecule has 1 aromatic carbocycles. The minimum Gasteiger partial charge on any atom is -0.481 e. The number of amides is 1. The number of carboxylic acid groups (broad SMARTS) is 1. The van der Waals surface area contributed by atoms with E-state index in [1.807, 2.05) is 24.3 Å². The zero-order valence-corrected chi connectivity index (χ0v) is 11.8. The number of likely N-dealkylation sites (N-methyl/N-ethyl adjacent to an activating group) is 1. The van der Waals surface area contributed by atoms with Gasteiger partial charge in [0.15, 0.2) is 0 Å². The number of hydrogen-bond donors (Lipinski definition) is 1. The van der Waals surface area contributed by atoms with Gasteiger partial charge in [-0.1, -0.05) is 28.1 Å².